The Morgan fingerprint density at radius 2 is 2.33 bits per heavy atom. The molecule has 1 N–H and O–H groups in total. The lowest BCUT2D eigenvalue weighted by Crippen LogP contribution is -1.96. The van der Waals surface area contributed by atoms with Crippen molar-refractivity contribution in [2.75, 3.05) is 0 Å². The van der Waals surface area contributed by atoms with Crippen LogP contribution in [0.5, 0.6) is 0 Å². The number of nitrogens with zero attached hydrogens (tertiary/aromatic N) is 1. The Labute approximate surface area is 94.2 Å². The largest absolute Gasteiger partial charge is 0.331 e. The number of hydrogen-bond acceptors (Lipinski definition) is 1. The Hall–Kier alpha value is -1.35. The number of H-pyrrole nitrogens is 1. The predicted molar refractivity (Wildman–Crippen MR) is 66.7 cm³/mol. The molecule has 0 spiro atoms. The van der Waals surface area contributed by atoms with E-state index >= 15 is 0 Å². The van der Waals surface area contributed by atoms with Crippen molar-refractivity contribution in [2.24, 2.45) is 0 Å². The Bertz CT molecular complexity index is 548. The fourth-order valence-corrected chi connectivity index (χ4v) is 2.02. The SMILES string of the molecule is C=CCCn1c(=S)[nH]c2cc(C)ccc21. The van der Waals surface area contributed by atoms with E-state index in [1.54, 1.807) is 0 Å². The molecule has 0 saturated heterocycles. The lowest BCUT2D eigenvalue weighted by atomic mass is 10.2. The number of aryl methyl sites for hydroxylation is 2. The molecule has 0 fully saturated rings. The van der Waals surface area contributed by atoms with Crippen molar-refractivity contribution in [3.63, 3.8) is 0 Å². The summed E-state index contributed by atoms with van der Waals surface area (Å²) in [6, 6.07) is 6.34. The molecule has 0 bridgehead atoms. The third-order valence-corrected chi connectivity index (χ3v) is 2.81. The normalized spacial score (nSPS) is 10.7. The summed E-state index contributed by atoms with van der Waals surface area (Å²) >= 11 is 5.28. The van der Waals surface area contributed by atoms with E-state index in [1.165, 1.54) is 11.1 Å². The highest BCUT2D eigenvalue weighted by atomic mass is 32.1. The van der Waals surface area contributed by atoms with Crippen molar-refractivity contribution in [1.82, 2.24) is 9.55 Å². The average Bonchev–Trinajstić information content (AvgIpc) is 2.50. The molecule has 1 aromatic heterocycles. The fraction of sp³-hybridized carbons (Fsp3) is 0.250. The van der Waals surface area contributed by atoms with Crippen molar-refractivity contribution in [3.8, 4) is 0 Å². The maximum Gasteiger partial charge on any atom is 0.178 e. The molecule has 2 rings (SSSR count). The first-order valence-electron chi connectivity index (χ1n) is 5.02. The lowest BCUT2D eigenvalue weighted by Gasteiger charge is -2.01. The first kappa shape index (κ1) is 10.2. The number of aromatic nitrogens is 2. The summed E-state index contributed by atoms with van der Waals surface area (Å²) in [5.74, 6) is 0. The first-order valence-corrected chi connectivity index (χ1v) is 5.43. The summed E-state index contributed by atoms with van der Waals surface area (Å²) in [6.45, 7) is 6.70. The number of rotatable bonds is 3. The average molecular weight is 218 g/mol. The third kappa shape index (κ3) is 1.88. The van der Waals surface area contributed by atoms with E-state index in [-0.39, 0.29) is 0 Å². The zero-order chi connectivity index (χ0) is 10.8. The zero-order valence-corrected chi connectivity index (χ0v) is 9.60. The highest BCUT2D eigenvalue weighted by Crippen LogP contribution is 2.16. The van der Waals surface area contributed by atoms with Crippen LogP contribution < -0.4 is 0 Å². The van der Waals surface area contributed by atoms with Crippen LogP contribution in [-0.4, -0.2) is 9.55 Å². The van der Waals surface area contributed by atoms with Gasteiger partial charge in [-0.2, -0.15) is 0 Å². The number of nitrogens with one attached hydrogen (secondary N) is 1. The quantitative estimate of drug-likeness (QED) is 0.617. The molecule has 0 atom stereocenters. The number of allylic oxidation sites excluding steroid dienone is 1. The van der Waals surface area contributed by atoms with Crippen LogP contribution in [-0.2, 0) is 6.54 Å². The van der Waals surface area contributed by atoms with Crippen LogP contribution in [0.4, 0.5) is 0 Å². The van der Waals surface area contributed by atoms with Crippen LogP contribution in [0.2, 0.25) is 0 Å². The second-order valence-electron chi connectivity index (χ2n) is 3.68. The molecule has 0 aliphatic heterocycles. The Morgan fingerprint density at radius 3 is 3.07 bits per heavy atom. The van der Waals surface area contributed by atoms with Gasteiger partial charge in [0.1, 0.15) is 0 Å². The first-order chi connectivity index (χ1) is 7.22. The van der Waals surface area contributed by atoms with E-state index in [2.05, 4.69) is 41.3 Å². The second kappa shape index (κ2) is 4.03. The predicted octanol–water partition coefficient (Wildman–Crippen LogP) is 3.58. The molecule has 0 aliphatic rings. The summed E-state index contributed by atoms with van der Waals surface area (Å²) in [5, 5.41) is 0. The van der Waals surface area contributed by atoms with Crippen molar-refractivity contribution < 1.29 is 0 Å². The van der Waals surface area contributed by atoms with Crippen LogP contribution in [0.25, 0.3) is 11.0 Å². The van der Waals surface area contributed by atoms with E-state index in [1.807, 2.05) is 6.08 Å². The van der Waals surface area contributed by atoms with E-state index in [4.69, 9.17) is 12.2 Å². The summed E-state index contributed by atoms with van der Waals surface area (Å²) in [5.41, 5.74) is 3.53. The molecule has 0 amide bonds. The number of fused-ring (bicyclic) bond motifs is 1. The molecular weight excluding hydrogens is 204 g/mol. The standard InChI is InChI=1S/C12H14N2S/c1-3-4-7-14-11-6-5-9(2)8-10(11)13-12(14)15/h3,5-6,8H,1,4,7H2,2H3,(H,13,15). The van der Waals surface area contributed by atoms with Crippen LogP contribution in [0, 0.1) is 11.7 Å². The van der Waals surface area contributed by atoms with Crippen LogP contribution in [0.1, 0.15) is 12.0 Å². The third-order valence-electron chi connectivity index (χ3n) is 2.49. The van der Waals surface area contributed by atoms with E-state index < -0.39 is 0 Å². The topological polar surface area (TPSA) is 20.7 Å². The lowest BCUT2D eigenvalue weighted by molar-refractivity contribution is 0.721. The fourth-order valence-electron chi connectivity index (χ4n) is 1.72. The summed E-state index contributed by atoms with van der Waals surface area (Å²) in [4.78, 5) is 3.22. The van der Waals surface area contributed by atoms with Gasteiger partial charge in [-0.15, -0.1) is 6.58 Å². The van der Waals surface area contributed by atoms with Gasteiger partial charge in [-0.25, -0.2) is 0 Å². The van der Waals surface area contributed by atoms with Crippen molar-refractivity contribution in [1.29, 1.82) is 0 Å². The highest BCUT2D eigenvalue weighted by Gasteiger charge is 2.02. The van der Waals surface area contributed by atoms with Gasteiger partial charge in [-0.1, -0.05) is 12.1 Å². The van der Waals surface area contributed by atoms with E-state index in [0.717, 1.165) is 23.3 Å². The van der Waals surface area contributed by atoms with Gasteiger partial charge in [-0.3, -0.25) is 0 Å². The smallest absolute Gasteiger partial charge is 0.178 e. The maximum absolute atomic E-state index is 5.28. The second-order valence-corrected chi connectivity index (χ2v) is 4.07. The molecule has 0 radical (unpaired) electrons. The van der Waals surface area contributed by atoms with Crippen LogP contribution in [0.15, 0.2) is 30.9 Å². The minimum absolute atomic E-state index is 0.789. The van der Waals surface area contributed by atoms with E-state index in [9.17, 15) is 0 Å². The molecule has 0 unspecified atom stereocenters. The van der Waals surface area contributed by atoms with Crippen LogP contribution >= 0.6 is 12.2 Å². The molecule has 2 aromatic rings. The molecule has 0 saturated carbocycles. The monoisotopic (exact) mass is 218 g/mol. The molecule has 15 heavy (non-hydrogen) atoms. The minimum Gasteiger partial charge on any atom is -0.331 e. The van der Waals surface area contributed by atoms with Crippen molar-refractivity contribution in [3.05, 3.63) is 41.2 Å². The maximum atomic E-state index is 5.28. The number of hydrogen-bond donors (Lipinski definition) is 1. The van der Waals surface area contributed by atoms with Crippen LogP contribution in [0.3, 0.4) is 0 Å². The number of benzene rings is 1. The van der Waals surface area contributed by atoms with Gasteiger partial charge in [0.2, 0.25) is 0 Å². The molecule has 78 valence electrons. The Balaban J connectivity index is 2.58. The van der Waals surface area contributed by atoms with Gasteiger partial charge >= 0.3 is 0 Å². The molecule has 2 nitrogen and oxygen atoms in total. The molecule has 3 heteroatoms. The summed E-state index contributed by atoms with van der Waals surface area (Å²) in [7, 11) is 0. The van der Waals surface area contributed by atoms with Gasteiger partial charge < -0.3 is 9.55 Å². The van der Waals surface area contributed by atoms with E-state index in [0.29, 0.717) is 0 Å². The van der Waals surface area contributed by atoms with Gasteiger partial charge in [0, 0.05) is 6.54 Å². The van der Waals surface area contributed by atoms with Gasteiger partial charge in [0.15, 0.2) is 4.77 Å². The van der Waals surface area contributed by atoms with Crippen molar-refractivity contribution in [2.45, 2.75) is 19.9 Å². The van der Waals surface area contributed by atoms with Crippen molar-refractivity contribution >= 4 is 23.3 Å². The molecule has 1 aromatic carbocycles. The molecular formula is C12H14N2S. The summed E-state index contributed by atoms with van der Waals surface area (Å²) in [6.07, 6.45) is 2.85. The van der Waals surface area contributed by atoms with Gasteiger partial charge in [-0.05, 0) is 43.3 Å². The minimum atomic E-state index is 0.789. The molecule has 1 heterocycles. The number of imidazole rings is 1. The van der Waals surface area contributed by atoms with Gasteiger partial charge in [0.05, 0.1) is 11.0 Å². The Morgan fingerprint density at radius 1 is 1.53 bits per heavy atom. The highest BCUT2D eigenvalue weighted by molar-refractivity contribution is 7.71. The molecule has 0 aliphatic carbocycles. The summed E-state index contributed by atoms with van der Waals surface area (Å²) < 4.78 is 2.91. The Kier molecular flexibility index (Phi) is 2.73. The van der Waals surface area contributed by atoms with Gasteiger partial charge in [0.25, 0.3) is 0 Å². The zero-order valence-electron chi connectivity index (χ0n) is 8.79. The number of aromatic amines is 1.